The minimum atomic E-state index is -0.0462. The van der Waals surface area contributed by atoms with Gasteiger partial charge in [0.2, 0.25) is 11.8 Å². The lowest BCUT2D eigenvalue weighted by Crippen LogP contribution is -2.35. The van der Waals surface area contributed by atoms with Gasteiger partial charge in [-0.1, -0.05) is 23.7 Å². The molecule has 1 aromatic rings. The smallest absolute Gasteiger partial charge is 0.221 e. The van der Waals surface area contributed by atoms with E-state index in [1.807, 2.05) is 24.3 Å². The number of carbonyl (C=O) groups is 2. The average Bonchev–Trinajstić information content (AvgIpc) is 2.51. The predicted molar refractivity (Wildman–Crippen MR) is 91.5 cm³/mol. The molecule has 1 rings (SSSR count). The lowest BCUT2D eigenvalue weighted by atomic mass is 10.1. The Morgan fingerprint density at radius 1 is 1.30 bits per heavy atom. The van der Waals surface area contributed by atoms with Gasteiger partial charge in [0.05, 0.1) is 0 Å². The molecule has 0 atom stereocenters. The van der Waals surface area contributed by atoms with Crippen LogP contribution in [0, 0.1) is 0 Å². The normalized spacial score (nSPS) is 10.4. The Hall–Kier alpha value is -1.59. The number of hydrogen-bond donors (Lipinski definition) is 1. The van der Waals surface area contributed by atoms with Gasteiger partial charge in [-0.15, -0.1) is 0 Å². The van der Waals surface area contributed by atoms with Crippen LogP contribution >= 0.6 is 11.6 Å². The molecule has 0 fully saturated rings. The molecule has 0 spiro atoms. The van der Waals surface area contributed by atoms with E-state index < -0.39 is 0 Å². The van der Waals surface area contributed by atoms with Crippen molar-refractivity contribution in [3.8, 4) is 0 Å². The highest BCUT2D eigenvalue weighted by atomic mass is 35.5. The van der Waals surface area contributed by atoms with Crippen LogP contribution in [0.1, 0.15) is 25.3 Å². The van der Waals surface area contributed by atoms with E-state index in [0.717, 1.165) is 18.4 Å². The molecule has 0 radical (unpaired) electrons. The summed E-state index contributed by atoms with van der Waals surface area (Å²) in [7, 11) is 1.63. The Morgan fingerprint density at radius 3 is 2.74 bits per heavy atom. The van der Waals surface area contributed by atoms with Crippen molar-refractivity contribution < 1.29 is 14.3 Å². The van der Waals surface area contributed by atoms with Crippen molar-refractivity contribution in [2.24, 2.45) is 0 Å². The van der Waals surface area contributed by atoms with Crippen molar-refractivity contribution >= 4 is 23.4 Å². The summed E-state index contributed by atoms with van der Waals surface area (Å²) in [5.74, 6) is -0.0747. The first-order valence-electron chi connectivity index (χ1n) is 7.78. The van der Waals surface area contributed by atoms with E-state index in [1.165, 1.54) is 6.92 Å². The molecule has 5 nitrogen and oxygen atoms in total. The van der Waals surface area contributed by atoms with Crippen LogP contribution in [-0.4, -0.2) is 50.1 Å². The summed E-state index contributed by atoms with van der Waals surface area (Å²) < 4.78 is 4.92. The summed E-state index contributed by atoms with van der Waals surface area (Å²) in [4.78, 5) is 25.1. The SMILES string of the molecule is COCCCNC(=O)CCN(CCc1cccc(Cl)c1)C(C)=O. The first-order valence-corrected chi connectivity index (χ1v) is 8.16. The van der Waals surface area contributed by atoms with E-state index >= 15 is 0 Å². The molecule has 6 heteroatoms. The van der Waals surface area contributed by atoms with Gasteiger partial charge in [-0.2, -0.15) is 0 Å². The largest absolute Gasteiger partial charge is 0.385 e. The molecule has 1 N–H and O–H groups in total. The van der Waals surface area contributed by atoms with Gasteiger partial charge in [-0.05, 0) is 30.5 Å². The topological polar surface area (TPSA) is 58.6 Å². The van der Waals surface area contributed by atoms with E-state index in [1.54, 1.807) is 12.0 Å². The zero-order chi connectivity index (χ0) is 17.1. The number of rotatable bonds is 10. The first kappa shape index (κ1) is 19.5. The zero-order valence-corrected chi connectivity index (χ0v) is 14.6. The number of benzene rings is 1. The van der Waals surface area contributed by atoms with Crippen LogP contribution in [0.3, 0.4) is 0 Å². The standard InChI is InChI=1S/C17H25ClN2O3/c1-14(21)20(10-7-15-5-3-6-16(18)13-15)11-8-17(22)19-9-4-12-23-2/h3,5-6,13H,4,7-12H2,1-2H3,(H,19,22). The van der Waals surface area contributed by atoms with Crippen LogP contribution < -0.4 is 5.32 Å². The third kappa shape index (κ3) is 8.57. The number of methoxy groups -OCH3 is 1. The van der Waals surface area contributed by atoms with E-state index in [9.17, 15) is 9.59 Å². The van der Waals surface area contributed by atoms with Crippen LogP contribution in [0.25, 0.3) is 0 Å². The van der Waals surface area contributed by atoms with Crippen molar-refractivity contribution in [2.45, 2.75) is 26.2 Å². The van der Waals surface area contributed by atoms with Crippen molar-refractivity contribution in [3.05, 3.63) is 34.9 Å². The molecule has 0 heterocycles. The highest BCUT2D eigenvalue weighted by Gasteiger charge is 2.11. The monoisotopic (exact) mass is 340 g/mol. The molecule has 0 aliphatic carbocycles. The lowest BCUT2D eigenvalue weighted by molar-refractivity contribution is -0.129. The maximum absolute atomic E-state index is 11.7. The Labute approximate surface area is 142 Å². The fourth-order valence-corrected chi connectivity index (χ4v) is 2.37. The van der Waals surface area contributed by atoms with Crippen LogP contribution in [0.4, 0.5) is 0 Å². The number of ether oxygens (including phenoxy) is 1. The molecule has 1 aromatic carbocycles. The summed E-state index contributed by atoms with van der Waals surface area (Å²) in [5.41, 5.74) is 1.08. The predicted octanol–water partition coefficient (Wildman–Crippen LogP) is 2.27. The van der Waals surface area contributed by atoms with Gasteiger partial charge in [0.15, 0.2) is 0 Å². The maximum atomic E-state index is 11.7. The summed E-state index contributed by atoms with van der Waals surface area (Å²) >= 11 is 5.95. The number of hydrogen-bond acceptors (Lipinski definition) is 3. The van der Waals surface area contributed by atoms with Crippen molar-refractivity contribution in [2.75, 3.05) is 33.4 Å². The second-order valence-electron chi connectivity index (χ2n) is 5.33. The summed E-state index contributed by atoms with van der Waals surface area (Å²) in [5, 5.41) is 3.51. The molecular weight excluding hydrogens is 316 g/mol. The van der Waals surface area contributed by atoms with Gasteiger partial charge in [0.25, 0.3) is 0 Å². The number of halogens is 1. The lowest BCUT2D eigenvalue weighted by Gasteiger charge is -2.21. The molecular formula is C17H25ClN2O3. The second-order valence-corrected chi connectivity index (χ2v) is 5.77. The molecule has 0 unspecified atom stereocenters. The molecule has 0 aromatic heterocycles. The Balaban J connectivity index is 2.34. The van der Waals surface area contributed by atoms with Gasteiger partial charge in [-0.25, -0.2) is 0 Å². The van der Waals surface area contributed by atoms with Crippen molar-refractivity contribution in [1.82, 2.24) is 10.2 Å². The zero-order valence-electron chi connectivity index (χ0n) is 13.8. The Bertz CT molecular complexity index is 508. The van der Waals surface area contributed by atoms with E-state index in [-0.39, 0.29) is 11.8 Å². The van der Waals surface area contributed by atoms with Crippen LogP contribution in [0.5, 0.6) is 0 Å². The summed E-state index contributed by atoms with van der Waals surface area (Å²) in [6, 6.07) is 7.58. The van der Waals surface area contributed by atoms with E-state index in [0.29, 0.717) is 37.7 Å². The molecule has 23 heavy (non-hydrogen) atoms. The maximum Gasteiger partial charge on any atom is 0.221 e. The summed E-state index contributed by atoms with van der Waals surface area (Å²) in [6.45, 7) is 3.74. The molecule has 2 amide bonds. The number of nitrogens with one attached hydrogen (secondary N) is 1. The van der Waals surface area contributed by atoms with E-state index in [2.05, 4.69) is 5.32 Å². The molecule has 0 aliphatic heterocycles. The fourth-order valence-electron chi connectivity index (χ4n) is 2.15. The minimum absolute atomic E-state index is 0.0285. The second kappa shape index (κ2) is 11.0. The van der Waals surface area contributed by atoms with Gasteiger partial charge in [0, 0.05) is 51.7 Å². The number of amides is 2. The Kier molecular flexibility index (Phi) is 9.33. The molecule has 0 aliphatic rings. The molecule has 128 valence electrons. The van der Waals surface area contributed by atoms with Crippen LogP contribution in [0.15, 0.2) is 24.3 Å². The van der Waals surface area contributed by atoms with Crippen molar-refractivity contribution in [1.29, 1.82) is 0 Å². The average molecular weight is 341 g/mol. The number of nitrogens with zero attached hydrogens (tertiary/aromatic N) is 1. The number of carbonyl (C=O) groups excluding carboxylic acids is 2. The van der Waals surface area contributed by atoms with Gasteiger partial charge in [-0.3, -0.25) is 9.59 Å². The van der Waals surface area contributed by atoms with Gasteiger partial charge in [0.1, 0.15) is 0 Å². The third-order valence-corrected chi connectivity index (χ3v) is 3.70. The van der Waals surface area contributed by atoms with Crippen molar-refractivity contribution in [3.63, 3.8) is 0 Å². The quantitative estimate of drug-likeness (QED) is 0.665. The van der Waals surface area contributed by atoms with E-state index in [4.69, 9.17) is 16.3 Å². The Morgan fingerprint density at radius 2 is 2.09 bits per heavy atom. The minimum Gasteiger partial charge on any atom is -0.385 e. The summed E-state index contributed by atoms with van der Waals surface area (Å²) in [6.07, 6.45) is 1.81. The molecule has 0 bridgehead atoms. The van der Waals surface area contributed by atoms with Crippen LogP contribution in [0.2, 0.25) is 5.02 Å². The van der Waals surface area contributed by atoms with Crippen LogP contribution in [-0.2, 0) is 20.7 Å². The first-order chi connectivity index (χ1) is 11.0. The van der Waals surface area contributed by atoms with Gasteiger partial charge >= 0.3 is 0 Å². The van der Waals surface area contributed by atoms with Gasteiger partial charge < -0.3 is 15.0 Å². The fraction of sp³-hybridized carbons (Fsp3) is 0.529. The molecule has 0 saturated heterocycles. The third-order valence-electron chi connectivity index (χ3n) is 3.46. The molecule has 0 saturated carbocycles. The highest BCUT2D eigenvalue weighted by molar-refractivity contribution is 6.30. The highest BCUT2D eigenvalue weighted by Crippen LogP contribution is 2.11.